The predicted molar refractivity (Wildman–Crippen MR) is 119 cm³/mol. The number of aliphatic imine (C=N–C) groups is 1. The third-order valence-corrected chi connectivity index (χ3v) is 6.30. The van der Waals surface area contributed by atoms with E-state index in [1.54, 1.807) is 0 Å². The Labute approximate surface area is 174 Å². The quantitative estimate of drug-likeness (QED) is 0.640. The van der Waals surface area contributed by atoms with Gasteiger partial charge in [0, 0.05) is 38.4 Å². The molecule has 2 atom stereocenters. The number of hydrogen-bond acceptors (Lipinski definition) is 3. The molecule has 0 spiro atoms. The average molecular weight is 392 g/mol. The molecular formula is C24H33N5. The molecule has 0 amide bonds. The number of piperidine rings is 2. The maximum atomic E-state index is 4.60. The summed E-state index contributed by atoms with van der Waals surface area (Å²) in [6.45, 7) is 7.22. The Balaban J connectivity index is 1.35. The molecule has 0 aliphatic carbocycles. The van der Waals surface area contributed by atoms with Crippen LogP contribution in [0.15, 0.2) is 53.5 Å². The van der Waals surface area contributed by atoms with Crippen molar-refractivity contribution in [2.75, 3.05) is 26.7 Å². The third kappa shape index (κ3) is 4.96. The SMILES string of the molecule is CN=C(NCc1cccc(C)n1)N1CCC2C(CCCN2Cc2ccccc2)C1. The molecule has 2 unspecified atom stereocenters. The van der Waals surface area contributed by atoms with Gasteiger partial charge in [-0.1, -0.05) is 36.4 Å². The van der Waals surface area contributed by atoms with E-state index in [4.69, 9.17) is 0 Å². The molecule has 5 heteroatoms. The Morgan fingerprint density at radius 1 is 1.10 bits per heavy atom. The Hall–Kier alpha value is -2.40. The Kier molecular flexibility index (Phi) is 6.45. The largest absolute Gasteiger partial charge is 0.351 e. The van der Waals surface area contributed by atoms with Crippen molar-refractivity contribution in [3.05, 3.63) is 65.5 Å². The third-order valence-electron chi connectivity index (χ3n) is 6.30. The van der Waals surface area contributed by atoms with Gasteiger partial charge >= 0.3 is 0 Å². The van der Waals surface area contributed by atoms with Gasteiger partial charge in [0.2, 0.25) is 0 Å². The highest BCUT2D eigenvalue weighted by atomic mass is 15.3. The Bertz CT molecular complexity index is 819. The van der Waals surface area contributed by atoms with Gasteiger partial charge in [0.1, 0.15) is 0 Å². The van der Waals surface area contributed by atoms with Crippen LogP contribution < -0.4 is 5.32 Å². The van der Waals surface area contributed by atoms with E-state index in [0.717, 1.165) is 49.4 Å². The highest BCUT2D eigenvalue weighted by Crippen LogP contribution is 2.31. The van der Waals surface area contributed by atoms with Gasteiger partial charge in [-0.15, -0.1) is 0 Å². The molecule has 1 N–H and O–H groups in total. The van der Waals surface area contributed by atoms with Crippen LogP contribution in [0.2, 0.25) is 0 Å². The molecule has 29 heavy (non-hydrogen) atoms. The van der Waals surface area contributed by atoms with E-state index in [1.165, 1.54) is 31.4 Å². The van der Waals surface area contributed by atoms with Crippen molar-refractivity contribution >= 4 is 5.96 Å². The molecule has 2 saturated heterocycles. The number of fused-ring (bicyclic) bond motifs is 1. The van der Waals surface area contributed by atoms with Crippen molar-refractivity contribution in [1.29, 1.82) is 0 Å². The summed E-state index contributed by atoms with van der Waals surface area (Å²) in [5, 5.41) is 3.53. The van der Waals surface area contributed by atoms with Crippen LogP contribution in [-0.2, 0) is 13.1 Å². The first kappa shape index (κ1) is 19.9. The van der Waals surface area contributed by atoms with Crippen LogP contribution in [-0.4, -0.2) is 53.5 Å². The number of nitrogens with one attached hydrogen (secondary N) is 1. The number of guanidine groups is 1. The van der Waals surface area contributed by atoms with Crippen molar-refractivity contribution in [2.45, 2.75) is 45.3 Å². The molecule has 2 aromatic rings. The number of benzene rings is 1. The van der Waals surface area contributed by atoms with Crippen molar-refractivity contribution in [1.82, 2.24) is 20.1 Å². The zero-order valence-corrected chi connectivity index (χ0v) is 17.7. The number of nitrogens with zero attached hydrogens (tertiary/aromatic N) is 4. The number of rotatable bonds is 4. The smallest absolute Gasteiger partial charge is 0.193 e. The molecular weight excluding hydrogens is 358 g/mol. The molecule has 5 nitrogen and oxygen atoms in total. The molecule has 0 bridgehead atoms. The van der Waals surface area contributed by atoms with Gasteiger partial charge in [0.05, 0.1) is 12.2 Å². The molecule has 3 heterocycles. The summed E-state index contributed by atoms with van der Waals surface area (Å²) in [4.78, 5) is 14.3. The first-order valence-electron chi connectivity index (χ1n) is 10.9. The second-order valence-corrected chi connectivity index (χ2v) is 8.33. The number of aryl methyl sites for hydroxylation is 1. The van der Waals surface area contributed by atoms with Gasteiger partial charge in [-0.25, -0.2) is 0 Å². The molecule has 2 aliphatic rings. The molecule has 4 rings (SSSR count). The first-order chi connectivity index (χ1) is 14.2. The van der Waals surface area contributed by atoms with Gasteiger partial charge in [-0.3, -0.25) is 14.9 Å². The summed E-state index contributed by atoms with van der Waals surface area (Å²) in [7, 11) is 1.89. The number of hydrogen-bond donors (Lipinski definition) is 1. The average Bonchev–Trinajstić information content (AvgIpc) is 2.75. The van der Waals surface area contributed by atoms with Gasteiger partial charge in [-0.05, 0) is 56.3 Å². The molecule has 2 fully saturated rings. The second-order valence-electron chi connectivity index (χ2n) is 8.33. The maximum absolute atomic E-state index is 4.60. The number of likely N-dealkylation sites (tertiary alicyclic amines) is 2. The normalized spacial score (nSPS) is 23.0. The van der Waals surface area contributed by atoms with E-state index in [9.17, 15) is 0 Å². The van der Waals surface area contributed by atoms with Crippen LogP contribution in [0, 0.1) is 12.8 Å². The molecule has 154 valence electrons. The lowest BCUT2D eigenvalue weighted by Crippen LogP contribution is -2.56. The zero-order chi connectivity index (χ0) is 20.1. The van der Waals surface area contributed by atoms with Crippen molar-refractivity contribution < 1.29 is 0 Å². The van der Waals surface area contributed by atoms with Crippen LogP contribution in [0.25, 0.3) is 0 Å². The second kappa shape index (κ2) is 9.40. The fraction of sp³-hybridized carbons (Fsp3) is 0.500. The van der Waals surface area contributed by atoms with Crippen LogP contribution in [0.4, 0.5) is 0 Å². The molecule has 2 aliphatic heterocycles. The molecule has 0 saturated carbocycles. The number of aromatic nitrogens is 1. The van der Waals surface area contributed by atoms with E-state index in [1.807, 2.05) is 20.0 Å². The highest BCUT2D eigenvalue weighted by Gasteiger charge is 2.36. The highest BCUT2D eigenvalue weighted by molar-refractivity contribution is 5.80. The minimum Gasteiger partial charge on any atom is -0.351 e. The zero-order valence-electron chi connectivity index (χ0n) is 17.7. The first-order valence-corrected chi connectivity index (χ1v) is 10.9. The van der Waals surface area contributed by atoms with Crippen molar-refractivity contribution in [3.63, 3.8) is 0 Å². The minimum absolute atomic E-state index is 0.691. The Morgan fingerprint density at radius 2 is 1.97 bits per heavy atom. The fourth-order valence-electron chi connectivity index (χ4n) is 4.91. The molecule has 1 aromatic heterocycles. The van der Waals surface area contributed by atoms with E-state index < -0.39 is 0 Å². The van der Waals surface area contributed by atoms with Crippen molar-refractivity contribution in [2.24, 2.45) is 10.9 Å². The van der Waals surface area contributed by atoms with Gasteiger partial charge in [0.25, 0.3) is 0 Å². The Morgan fingerprint density at radius 3 is 2.76 bits per heavy atom. The van der Waals surface area contributed by atoms with Crippen LogP contribution in [0.1, 0.15) is 36.2 Å². The van der Waals surface area contributed by atoms with Crippen LogP contribution in [0.5, 0.6) is 0 Å². The lowest BCUT2D eigenvalue weighted by molar-refractivity contribution is 0.0372. The van der Waals surface area contributed by atoms with Crippen LogP contribution >= 0.6 is 0 Å². The van der Waals surface area contributed by atoms with E-state index in [0.29, 0.717) is 6.04 Å². The lowest BCUT2D eigenvalue weighted by Gasteiger charge is -2.48. The summed E-state index contributed by atoms with van der Waals surface area (Å²) in [5.74, 6) is 1.73. The summed E-state index contributed by atoms with van der Waals surface area (Å²) in [6.07, 6.45) is 3.82. The molecule has 1 aromatic carbocycles. The van der Waals surface area contributed by atoms with Gasteiger partial charge < -0.3 is 10.2 Å². The predicted octanol–water partition coefficient (Wildman–Crippen LogP) is 3.45. The van der Waals surface area contributed by atoms with E-state index >= 15 is 0 Å². The van der Waals surface area contributed by atoms with Gasteiger partial charge in [0.15, 0.2) is 5.96 Å². The monoisotopic (exact) mass is 391 g/mol. The fourth-order valence-corrected chi connectivity index (χ4v) is 4.91. The minimum atomic E-state index is 0.691. The van der Waals surface area contributed by atoms with Gasteiger partial charge in [-0.2, -0.15) is 0 Å². The topological polar surface area (TPSA) is 43.8 Å². The van der Waals surface area contributed by atoms with Crippen molar-refractivity contribution in [3.8, 4) is 0 Å². The summed E-state index contributed by atoms with van der Waals surface area (Å²) in [5.41, 5.74) is 3.55. The lowest BCUT2D eigenvalue weighted by atomic mass is 9.83. The summed E-state index contributed by atoms with van der Waals surface area (Å²) >= 11 is 0. The maximum Gasteiger partial charge on any atom is 0.193 e. The summed E-state index contributed by atoms with van der Waals surface area (Å²) < 4.78 is 0. The van der Waals surface area contributed by atoms with E-state index in [-0.39, 0.29) is 0 Å². The standard InChI is InChI=1S/C24H33N5/c1-19-8-6-12-22(27-19)16-26-24(25-2)29-15-13-23-21(18-29)11-7-14-28(23)17-20-9-4-3-5-10-20/h3-6,8-10,12,21,23H,7,11,13-18H2,1-2H3,(H,25,26). The van der Waals surface area contributed by atoms with Crippen LogP contribution in [0.3, 0.4) is 0 Å². The summed E-state index contributed by atoms with van der Waals surface area (Å²) in [6, 6.07) is 17.8. The van der Waals surface area contributed by atoms with E-state index in [2.05, 4.69) is 67.6 Å². The molecule has 0 radical (unpaired) electrons. The number of pyridine rings is 1.